The van der Waals surface area contributed by atoms with Crippen LogP contribution in [0, 0.1) is 0 Å². The Balaban J connectivity index is 1.87. The first-order valence-electron chi connectivity index (χ1n) is 9.31. The molecule has 4 aromatic rings. The zero-order chi connectivity index (χ0) is 20.6. The molecule has 0 atom stereocenters. The van der Waals surface area contributed by atoms with Gasteiger partial charge in [0.05, 0.1) is 16.6 Å². The van der Waals surface area contributed by atoms with Crippen LogP contribution in [0.15, 0.2) is 59.8 Å². The highest BCUT2D eigenvalue weighted by Gasteiger charge is 2.24. The van der Waals surface area contributed by atoms with E-state index in [0.717, 1.165) is 28.1 Å². The molecule has 0 aliphatic heterocycles. The van der Waals surface area contributed by atoms with Crippen LogP contribution in [0.25, 0.3) is 22.3 Å². The molecule has 0 saturated carbocycles. The number of hydrogen-bond acceptors (Lipinski definition) is 6. The van der Waals surface area contributed by atoms with Crippen molar-refractivity contribution < 1.29 is 4.74 Å². The summed E-state index contributed by atoms with van der Waals surface area (Å²) >= 11 is 1.48. The van der Waals surface area contributed by atoms with Crippen LogP contribution in [0.5, 0.6) is 11.5 Å². The number of nitrogen functional groups attached to an aromatic ring is 1. The van der Waals surface area contributed by atoms with Gasteiger partial charge in [-0.05, 0) is 51.3 Å². The van der Waals surface area contributed by atoms with Crippen molar-refractivity contribution in [2.75, 3.05) is 12.0 Å². The summed E-state index contributed by atoms with van der Waals surface area (Å²) in [6.07, 6.45) is 1.95. The number of hydrogen-bond donors (Lipinski definition) is 1. The highest BCUT2D eigenvalue weighted by atomic mass is 32.2. The number of aromatic nitrogens is 4. The number of thioether (sulfide) groups is 1. The van der Waals surface area contributed by atoms with Gasteiger partial charge in [0.2, 0.25) is 0 Å². The van der Waals surface area contributed by atoms with Gasteiger partial charge in [0.1, 0.15) is 17.3 Å². The van der Waals surface area contributed by atoms with Crippen LogP contribution in [0.1, 0.15) is 20.8 Å². The standard InChI is InChI=1S/C22H23N5OS/c1-22(2,3)27-19(23)17-18(24-21(29-4)25-20(17)26-27)14-9-8-12-16(13-14)28-15-10-6-5-7-11-15/h5-13H,23H2,1-4H3. The first-order valence-corrected chi connectivity index (χ1v) is 10.5. The molecule has 0 spiro atoms. The molecule has 0 aliphatic carbocycles. The maximum Gasteiger partial charge on any atom is 0.190 e. The number of benzene rings is 2. The summed E-state index contributed by atoms with van der Waals surface area (Å²) in [6, 6.07) is 17.5. The zero-order valence-corrected chi connectivity index (χ0v) is 17.7. The summed E-state index contributed by atoms with van der Waals surface area (Å²) < 4.78 is 7.81. The van der Waals surface area contributed by atoms with Gasteiger partial charge in [0.15, 0.2) is 10.8 Å². The van der Waals surface area contributed by atoms with Crippen molar-refractivity contribution in [2.45, 2.75) is 31.5 Å². The van der Waals surface area contributed by atoms with Gasteiger partial charge < -0.3 is 10.5 Å². The van der Waals surface area contributed by atoms with E-state index in [-0.39, 0.29) is 5.54 Å². The highest BCUT2D eigenvalue weighted by molar-refractivity contribution is 7.98. The molecule has 0 bridgehead atoms. The molecule has 0 fully saturated rings. The number of nitrogens with two attached hydrogens (primary N) is 1. The summed E-state index contributed by atoms with van der Waals surface area (Å²) in [5, 5.41) is 6.08. The number of fused-ring (bicyclic) bond motifs is 1. The molecule has 0 aliphatic rings. The molecule has 2 aromatic carbocycles. The number of anilines is 1. The van der Waals surface area contributed by atoms with Gasteiger partial charge in [-0.25, -0.2) is 14.6 Å². The highest BCUT2D eigenvalue weighted by Crippen LogP contribution is 2.35. The van der Waals surface area contributed by atoms with Crippen LogP contribution in [-0.2, 0) is 5.54 Å². The number of nitrogens with zero attached hydrogens (tertiary/aromatic N) is 4. The van der Waals surface area contributed by atoms with E-state index < -0.39 is 0 Å². The molecule has 7 heteroatoms. The van der Waals surface area contributed by atoms with Crippen LogP contribution in [0.3, 0.4) is 0 Å². The van der Waals surface area contributed by atoms with Crippen LogP contribution in [0.2, 0.25) is 0 Å². The lowest BCUT2D eigenvalue weighted by molar-refractivity contribution is 0.364. The quantitative estimate of drug-likeness (QED) is 0.364. The van der Waals surface area contributed by atoms with Gasteiger partial charge >= 0.3 is 0 Å². The zero-order valence-electron chi connectivity index (χ0n) is 16.9. The Bertz CT molecular complexity index is 1170. The minimum Gasteiger partial charge on any atom is -0.457 e. The molecule has 4 rings (SSSR count). The van der Waals surface area contributed by atoms with Gasteiger partial charge in [-0.15, -0.1) is 5.10 Å². The Morgan fingerprint density at radius 1 is 0.966 bits per heavy atom. The Morgan fingerprint density at radius 3 is 2.38 bits per heavy atom. The lowest BCUT2D eigenvalue weighted by Crippen LogP contribution is -2.24. The van der Waals surface area contributed by atoms with Gasteiger partial charge in [-0.2, -0.15) is 0 Å². The van der Waals surface area contributed by atoms with E-state index in [9.17, 15) is 0 Å². The Labute approximate surface area is 174 Å². The van der Waals surface area contributed by atoms with Crippen molar-refractivity contribution in [3.05, 3.63) is 54.6 Å². The molecule has 29 heavy (non-hydrogen) atoms. The van der Waals surface area contributed by atoms with Gasteiger partial charge in [-0.1, -0.05) is 42.1 Å². The summed E-state index contributed by atoms with van der Waals surface area (Å²) in [6.45, 7) is 6.18. The second kappa shape index (κ2) is 7.40. The van der Waals surface area contributed by atoms with Crippen LogP contribution in [0.4, 0.5) is 5.82 Å². The largest absolute Gasteiger partial charge is 0.457 e. The minimum atomic E-state index is -0.264. The van der Waals surface area contributed by atoms with Crippen LogP contribution >= 0.6 is 11.8 Å². The molecular weight excluding hydrogens is 382 g/mol. The number of ether oxygens (including phenoxy) is 1. The molecule has 0 radical (unpaired) electrons. The molecule has 2 N–H and O–H groups in total. The third-order valence-corrected chi connectivity index (χ3v) is 5.00. The maximum atomic E-state index is 6.50. The number of para-hydroxylation sites is 1. The van der Waals surface area contributed by atoms with Gasteiger partial charge in [0, 0.05) is 5.56 Å². The average molecular weight is 406 g/mol. The smallest absolute Gasteiger partial charge is 0.190 e. The fourth-order valence-corrected chi connectivity index (χ4v) is 3.50. The van der Waals surface area contributed by atoms with Gasteiger partial charge in [0.25, 0.3) is 0 Å². The predicted molar refractivity (Wildman–Crippen MR) is 118 cm³/mol. The maximum absolute atomic E-state index is 6.50. The van der Waals surface area contributed by atoms with E-state index in [4.69, 9.17) is 15.5 Å². The van der Waals surface area contributed by atoms with E-state index in [1.54, 1.807) is 0 Å². The van der Waals surface area contributed by atoms with E-state index in [2.05, 4.69) is 30.9 Å². The number of rotatable bonds is 4. The first-order chi connectivity index (χ1) is 13.9. The fourth-order valence-electron chi connectivity index (χ4n) is 3.13. The third kappa shape index (κ3) is 3.78. The molecule has 0 saturated heterocycles. The topological polar surface area (TPSA) is 78.9 Å². The molecule has 148 valence electrons. The van der Waals surface area contributed by atoms with Gasteiger partial charge in [-0.3, -0.25) is 0 Å². The van der Waals surface area contributed by atoms with E-state index in [0.29, 0.717) is 16.6 Å². The third-order valence-electron chi connectivity index (χ3n) is 4.45. The van der Waals surface area contributed by atoms with E-state index >= 15 is 0 Å². The Hall–Kier alpha value is -3.06. The second-order valence-corrected chi connectivity index (χ2v) is 8.44. The van der Waals surface area contributed by atoms with Crippen LogP contribution in [-0.4, -0.2) is 26.0 Å². The first kappa shape index (κ1) is 19.3. The Kier molecular flexibility index (Phi) is 4.92. The van der Waals surface area contributed by atoms with Crippen molar-refractivity contribution in [3.63, 3.8) is 0 Å². The summed E-state index contributed by atoms with van der Waals surface area (Å²) in [5.41, 5.74) is 8.49. The molecular formula is C22H23N5OS. The monoisotopic (exact) mass is 405 g/mol. The molecule has 2 aromatic heterocycles. The van der Waals surface area contributed by atoms with Crippen molar-refractivity contribution in [1.82, 2.24) is 19.7 Å². The fraction of sp³-hybridized carbons (Fsp3) is 0.227. The van der Waals surface area contributed by atoms with Crippen LogP contribution < -0.4 is 10.5 Å². The Morgan fingerprint density at radius 2 is 1.69 bits per heavy atom. The summed E-state index contributed by atoms with van der Waals surface area (Å²) in [4.78, 5) is 9.33. The summed E-state index contributed by atoms with van der Waals surface area (Å²) in [7, 11) is 0. The average Bonchev–Trinajstić information content (AvgIpc) is 3.05. The molecule has 6 nitrogen and oxygen atoms in total. The SMILES string of the molecule is CSc1nc(-c2cccc(Oc3ccccc3)c2)c2c(N)n(C(C)(C)C)nc2n1. The molecule has 2 heterocycles. The predicted octanol–water partition coefficient (Wildman–Crippen LogP) is 5.34. The van der Waals surface area contributed by atoms with Crippen molar-refractivity contribution >= 4 is 28.6 Å². The lowest BCUT2D eigenvalue weighted by atomic mass is 10.1. The second-order valence-electron chi connectivity index (χ2n) is 7.67. The summed E-state index contributed by atoms with van der Waals surface area (Å²) in [5.74, 6) is 2.07. The van der Waals surface area contributed by atoms with E-state index in [1.165, 1.54) is 11.8 Å². The minimum absolute atomic E-state index is 0.264. The molecule has 0 unspecified atom stereocenters. The normalized spacial score (nSPS) is 11.7. The molecule has 0 amide bonds. The lowest BCUT2D eigenvalue weighted by Gasteiger charge is -2.20. The van der Waals surface area contributed by atoms with Crippen molar-refractivity contribution in [1.29, 1.82) is 0 Å². The van der Waals surface area contributed by atoms with E-state index in [1.807, 2.05) is 65.5 Å². The van der Waals surface area contributed by atoms with Crippen molar-refractivity contribution in [2.24, 2.45) is 0 Å². The van der Waals surface area contributed by atoms with Crippen molar-refractivity contribution in [3.8, 4) is 22.8 Å².